The van der Waals surface area contributed by atoms with Gasteiger partial charge in [0.05, 0.1) is 23.9 Å². The third kappa shape index (κ3) is 8.72. The Bertz CT molecular complexity index is 1790. The fourth-order valence-electron chi connectivity index (χ4n) is 8.16. The summed E-state index contributed by atoms with van der Waals surface area (Å²) in [7, 11) is 0. The van der Waals surface area contributed by atoms with Crippen LogP contribution in [-0.4, -0.2) is 75.6 Å². The first-order valence-corrected chi connectivity index (χ1v) is 18.5. The van der Waals surface area contributed by atoms with Crippen molar-refractivity contribution < 1.29 is 24.9 Å². The zero-order valence-electron chi connectivity index (χ0n) is 29.2. The number of pyridine rings is 2. The van der Waals surface area contributed by atoms with Crippen LogP contribution >= 0.6 is 0 Å². The molecule has 2 aromatic heterocycles. The minimum Gasteiger partial charge on any atom is -0.506 e. The van der Waals surface area contributed by atoms with Crippen LogP contribution in [0.3, 0.4) is 0 Å². The number of aromatic amines is 1. The summed E-state index contributed by atoms with van der Waals surface area (Å²) in [5.41, 5.74) is 1.33. The van der Waals surface area contributed by atoms with Crippen LogP contribution in [0.4, 0.5) is 4.79 Å². The Hall–Kier alpha value is -4.45. The molecule has 3 saturated heterocycles. The van der Waals surface area contributed by atoms with Crippen molar-refractivity contribution in [3.05, 3.63) is 100 Å². The van der Waals surface area contributed by atoms with Crippen LogP contribution < -0.4 is 20.9 Å². The van der Waals surface area contributed by atoms with Gasteiger partial charge >= 0.3 is 6.09 Å². The molecule has 7 rings (SSSR count). The molecule has 0 radical (unpaired) electrons. The number of ether oxygens (including phenoxy) is 1. The topological polar surface area (TPSA) is 160 Å². The number of carbonyl (C=O) groups is 1. The third-order valence-corrected chi connectivity index (χ3v) is 10.7. The Labute approximate surface area is 299 Å². The van der Waals surface area contributed by atoms with Crippen molar-refractivity contribution in [2.24, 2.45) is 11.8 Å². The zero-order valence-corrected chi connectivity index (χ0v) is 29.2. The van der Waals surface area contributed by atoms with Gasteiger partial charge < -0.3 is 40.6 Å². The molecule has 1 amide bonds. The summed E-state index contributed by atoms with van der Waals surface area (Å²) >= 11 is 0. The summed E-state index contributed by atoms with van der Waals surface area (Å²) in [6, 6.07) is 19.9. The molecule has 6 N–H and O–H groups in total. The van der Waals surface area contributed by atoms with Crippen molar-refractivity contribution in [1.82, 2.24) is 25.5 Å². The number of nitrogens with one attached hydrogen (secondary N) is 3. The molecule has 272 valence electrons. The van der Waals surface area contributed by atoms with Crippen molar-refractivity contribution in [1.29, 1.82) is 0 Å². The summed E-state index contributed by atoms with van der Waals surface area (Å²) in [6.45, 7) is 4.75. The van der Waals surface area contributed by atoms with E-state index in [-0.39, 0.29) is 17.2 Å². The molecule has 3 unspecified atom stereocenters. The van der Waals surface area contributed by atoms with E-state index in [1.165, 1.54) is 12.1 Å². The molecule has 4 aromatic rings. The zero-order chi connectivity index (χ0) is 35.6. The van der Waals surface area contributed by atoms with Crippen LogP contribution in [0, 0.1) is 11.8 Å². The quantitative estimate of drug-likeness (QED) is 0.0695. The third-order valence-electron chi connectivity index (χ3n) is 10.7. The number of phenols is 1. The number of unbranched alkanes of at least 4 members (excludes halogenated alkanes) is 6. The molecule has 3 aliphatic rings. The number of aliphatic hydroxyl groups excluding tert-OH is 1. The Morgan fingerprint density at radius 2 is 1.76 bits per heavy atom. The average Bonchev–Trinajstić information content (AvgIpc) is 3.15. The second kappa shape index (κ2) is 17.2. The minimum absolute atomic E-state index is 0.0145. The van der Waals surface area contributed by atoms with Gasteiger partial charge in [-0.1, -0.05) is 56.4 Å². The molecule has 0 spiro atoms. The molecule has 11 heteroatoms. The van der Waals surface area contributed by atoms with Gasteiger partial charge in [-0.15, -0.1) is 0 Å². The van der Waals surface area contributed by atoms with E-state index in [1.54, 1.807) is 18.3 Å². The number of amides is 1. The van der Waals surface area contributed by atoms with Crippen LogP contribution in [0.5, 0.6) is 11.5 Å². The number of hydrogen-bond donors (Lipinski definition) is 6. The number of benzene rings is 2. The van der Waals surface area contributed by atoms with Crippen LogP contribution in [0.1, 0.15) is 80.7 Å². The molecule has 2 bridgehead atoms. The minimum atomic E-state index is -1.06. The number of aromatic hydroxyl groups is 1. The highest BCUT2D eigenvalue weighted by molar-refractivity contribution is 5.87. The van der Waals surface area contributed by atoms with E-state index >= 15 is 0 Å². The van der Waals surface area contributed by atoms with Gasteiger partial charge in [0.15, 0.2) is 0 Å². The second-order valence-electron chi connectivity index (χ2n) is 14.1. The molecule has 3 atom stereocenters. The molecule has 11 nitrogen and oxygen atoms in total. The Kier molecular flexibility index (Phi) is 12.2. The van der Waals surface area contributed by atoms with Crippen LogP contribution in [0.2, 0.25) is 0 Å². The second-order valence-corrected chi connectivity index (χ2v) is 14.1. The molecular weight excluding hydrogens is 646 g/mol. The Balaban J connectivity index is 0.923. The number of aliphatic hydroxyl groups is 1. The van der Waals surface area contributed by atoms with Crippen molar-refractivity contribution in [3.8, 4) is 11.5 Å². The fourth-order valence-corrected chi connectivity index (χ4v) is 8.16. The predicted octanol–water partition coefficient (Wildman–Crippen LogP) is 5.91. The highest BCUT2D eigenvalue weighted by Crippen LogP contribution is 2.47. The summed E-state index contributed by atoms with van der Waals surface area (Å²) in [6.07, 6.45) is 9.64. The summed E-state index contributed by atoms with van der Waals surface area (Å²) < 4.78 is 6.23. The molecule has 3 aliphatic heterocycles. The molecular formula is C40H51N5O6. The summed E-state index contributed by atoms with van der Waals surface area (Å²) in [5, 5.41) is 37.9. The lowest BCUT2D eigenvalue weighted by molar-refractivity contribution is 0.00595. The number of aromatic nitrogens is 2. The molecule has 0 aliphatic carbocycles. The van der Waals surface area contributed by atoms with Gasteiger partial charge in [0.2, 0.25) is 5.56 Å². The lowest BCUT2D eigenvalue weighted by Gasteiger charge is -2.52. The standard InChI is InChI=1S/C40H51N5O6/c46-34-16-14-31(32-15-17-37(48)43-38(32)34)35(47)26-41-20-7-4-2-1-3-5-9-24-51-30-12-10-11-29(25-30)40(44-39(49)50,36-13-6-8-21-42-36)33-27-45-22-18-28(33)19-23-45/h6,8,10-17,21,25,28,33,35,41,44,46-47H,1-5,7,9,18-20,22-24,26-27H2,(H,43,48)(H,49,50). The molecule has 2 aromatic carbocycles. The molecule has 5 heterocycles. The van der Waals surface area contributed by atoms with E-state index in [4.69, 9.17) is 9.72 Å². The number of carboxylic acid groups (broad SMARTS) is 1. The number of piperidine rings is 3. The van der Waals surface area contributed by atoms with Crippen LogP contribution in [-0.2, 0) is 5.54 Å². The number of phenolic OH excluding ortho intramolecular Hbond substituents is 1. The van der Waals surface area contributed by atoms with E-state index in [1.807, 2.05) is 42.5 Å². The average molecular weight is 698 g/mol. The van der Waals surface area contributed by atoms with Crippen LogP contribution in [0.15, 0.2) is 77.7 Å². The smallest absolute Gasteiger partial charge is 0.405 e. The largest absolute Gasteiger partial charge is 0.506 e. The van der Waals surface area contributed by atoms with E-state index < -0.39 is 17.7 Å². The number of hydrogen-bond acceptors (Lipinski definition) is 8. The van der Waals surface area contributed by atoms with Gasteiger partial charge in [-0.2, -0.15) is 0 Å². The maximum atomic E-state index is 12.4. The van der Waals surface area contributed by atoms with Crippen LogP contribution in [0.25, 0.3) is 10.9 Å². The van der Waals surface area contributed by atoms with E-state index in [2.05, 4.69) is 20.5 Å². The normalized spacial score (nSPS) is 20.1. The highest BCUT2D eigenvalue weighted by Gasteiger charge is 2.51. The number of fused-ring (bicyclic) bond motifs is 4. The van der Waals surface area contributed by atoms with Crippen molar-refractivity contribution in [2.45, 2.75) is 69.4 Å². The van der Waals surface area contributed by atoms with Gasteiger partial charge in [0.1, 0.15) is 17.0 Å². The monoisotopic (exact) mass is 697 g/mol. The first kappa shape index (κ1) is 36.3. The fraction of sp³-hybridized carbons (Fsp3) is 0.475. The molecule has 51 heavy (non-hydrogen) atoms. The first-order chi connectivity index (χ1) is 24.8. The van der Waals surface area contributed by atoms with Gasteiger partial charge in [-0.25, -0.2) is 4.79 Å². The maximum Gasteiger partial charge on any atom is 0.405 e. The SMILES string of the molecule is O=C(O)NC(c1cccc(OCCCCCCCCCNCC(O)c2ccc(O)c3[nH]c(=O)ccc23)c1)(c1ccccn1)C1CN2CCC1CC2. The van der Waals surface area contributed by atoms with Gasteiger partial charge in [0, 0.05) is 36.7 Å². The Morgan fingerprint density at radius 1 is 0.980 bits per heavy atom. The van der Waals surface area contributed by atoms with Crippen molar-refractivity contribution in [2.75, 3.05) is 39.3 Å². The lowest BCUT2D eigenvalue weighted by atomic mass is 9.64. The van der Waals surface area contributed by atoms with E-state index in [0.717, 1.165) is 101 Å². The van der Waals surface area contributed by atoms with Crippen molar-refractivity contribution >= 4 is 17.0 Å². The van der Waals surface area contributed by atoms with Crippen molar-refractivity contribution in [3.63, 3.8) is 0 Å². The summed E-state index contributed by atoms with van der Waals surface area (Å²) in [5.74, 6) is 1.20. The maximum absolute atomic E-state index is 12.4. The predicted molar refractivity (Wildman–Crippen MR) is 197 cm³/mol. The molecule has 3 fully saturated rings. The van der Waals surface area contributed by atoms with E-state index in [9.17, 15) is 24.9 Å². The Morgan fingerprint density at radius 3 is 2.49 bits per heavy atom. The number of nitrogens with zero attached hydrogens (tertiary/aromatic N) is 2. The van der Waals surface area contributed by atoms with Gasteiger partial charge in [0.25, 0.3) is 0 Å². The summed E-state index contributed by atoms with van der Waals surface area (Å²) in [4.78, 5) is 33.8. The first-order valence-electron chi connectivity index (χ1n) is 18.5. The van der Waals surface area contributed by atoms with Gasteiger partial charge in [-0.05, 0) is 98.8 Å². The lowest BCUT2D eigenvalue weighted by Crippen LogP contribution is -2.61. The highest BCUT2D eigenvalue weighted by atomic mass is 16.5. The van der Waals surface area contributed by atoms with Gasteiger partial charge in [-0.3, -0.25) is 9.78 Å². The number of H-pyrrole nitrogens is 1. The molecule has 0 saturated carbocycles. The van der Waals surface area contributed by atoms with E-state index in [0.29, 0.717) is 35.5 Å². The number of rotatable bonds is 18.